The number of carbonyl (C=O) groups excluding carboxylic acids is 2. The summed E-state index contributed by atoms with van der Waals surface area (Å²) in [6, 6.07) is 10.1. The highest BCUT2D eigenvalue weighted by Crippen LogP contribution is 2.40. The van der Waals surface area contributed by atoms with Crippen LogP contribution in [0.2, 0.25) is 0 Å². The average Bonchev–Trinajstić information content (AvgIpc) is 3.03. The number of halogens is 1. The van der Waals surface area contributed by atoms with E-state index in [1.165, 1.54) is 23.1 Å². The fourth-order valence-electron chi connectivity index (χ4n) is 4.18. The molecule has 168 valence electrons. The molecule has 0 bridgehead atoms. The molecule has 2 heterocycles. The highest BCUT2D eigenvalue weighted by Gasteiger charge is 2.46. The second-order valence-corrected chi connectivity index (χ2v) is 8.21. The van der Waals surface area contributed by atoms with Gasteiger partial charge in [-0.1, -0.05) is 18.2 Å². The molecule has 2 aliphatic rings. The third-order valence-electron chi connectivity index (χ3n) is 5.71. The maximum atomic E-state index is 14.8. The van der Waals surface area contributed by atoms with Gasteiger partial charge in [0.15, 0.2) is 0 Å². The van der Waals surface area contributed by atoms with Crippen molar-refractivity contribution in [3.8, 4) is 5.75 Å². The zero-order valence-corrected chi connectivity index (χ0v) is 18.1. The van der Waals surface area contributed by atoms with E-state index in [2.05, 4.69) is 0 Å². The number of ether oxygens (including phenoxy) is 2. The van der Waals surface area contributed by atoms with E-state index in [4.69, 9.17) is 9.47 Å². The predicted molar refractivity (Wildman–Crippen MR) is 117 cm³/mol. The summed E-state index contributed by atoms with van der Waals surface area (Å²) < 4.78 is 26.0. The maximum Gasteiger partial charge on any atom is 0.295 e. The SMILES string of the molecule is CC(C)OCCN1C(=O)C(=O)/C(=C(/O)c2ccc3c(c2)CCCO3)C1c1ccccc1F. The lowest BCUT2D eigenvalue weighted by atomic mass is 9.93. The molecule has 1 unspecified atom stereocenters. The first kappa shape index (κ1) is 22.0. The van der Waals surface area contributed by atoms with Crippen LogP contribution in [-0.4, -0.2) is 47.6 Å². The Bertz CT molecular complexity index is 1080. The van der Waals surface area contributed by atoms with Crippen molar-refractivity contribution in [3.05, 3.63) is 70.5 Å². The molecule has 32 heavy (non-hydrogen) atoms. The third kappa shape index (κ3) is 4.12. The van der Waals surface area contributed by atoms with E-state index >= 15 is 0 Å². The van der Waals surface area contributed by atoms with Crippen molar-refractivity contribution in [1.29, 1.82) is 0 Å². The molecular formula is C25H26FNO5. The number of ketones is 1. The highest BCUT2D eigenvalue weighted by molar-refractivity contribution is 6.46. The number of hydrogen-bond donors (Lipinski definition) is 1. The Morgan fingerprint density at radius 3 is 2.78 bits per heavy atom. The number of rotatable bonds is 6. The van der Waals surface area contributed by atoms with Crippen LogP contribution in [0.4, 0.5) is 4.39 Å². The maximum absolute atomic E-state index is 14.8. The van der Waals surface area contributed by atoms with E-state index in [-0.39, 0.29) is 36.2 Å². The lowest BCUT2D eigenvalue weighted by molar-refractivity contribution is -0.140. The van der Waals surface area contributed by atoms with Crippen LogP contribution < -0.4 is 4.74 Å². The topological polar surface area (TPSA) is 76.1 Å². The van der Waals surface area contributed by atoms with Crippen molar-refractivity contribution < 1.29 is 28.6 Å². The minimum Gasteiger partial charge on any atom is -0.507 e. The molecule has 4 rings (SSSR count). The third-order valence-corrected chi connectivity index (χ3v) is 5.71. The Hall–Kier alpha value is -3.19. The molecule has 2 aromatic rings. The fraction of sp³-hybridized carbons (Fsp3) is 0.360. The number of hydrogen-bond acceptors (Lipinski definition) is 5. The van der Waals surface area contributed by atoms with Gasteiger partial charge in [0.25, 0.3) is 11.7 Å². The normalized spacial score (nSPS) is 19.9. The Balaban J connectivity index is 1.80. The van der Waals surface area contributed by atoms with Crippen LogP contribution in [0.3, 0.4) is 0 Å². The van der Waals surface area contributed by atoms with Crippen molar-refractivity contribution in [2.75, 3.05) is 19.8 Å². The summed E-state index contributed by atoms with van der Waals surface area (Å²) in [4.78, 5) is 27.2. The lowest BCUT2D eigenvalue weighted by Crippen LogP contribution is -2.33. The Labute approximate surface area is 186 Å². The van der Waals surface area contributed by atoms with Gasteiger partial charge in [-0.3, -0.25) is 9.59 Å². The van der Waals surface area contributed by atoms with Crippen LogP contribution in [0.25, 0.3) is 5.76 Å². The van der Waals surface area contributed by atoms with Gasteiger partial charge in [-0.25, -0.2) is 4.39 Å². The van der Waals surface area contributed by atoms with Crippen molar-refractivity contribution in [2.24, 2.45) is 0 Å². The van der Waals surface area contributed by atoms with E-state index in [1.54, 1.807) is 24.3 Å². The van der Waals surface area contributed by atoms with E-state index < -0.39 is 23.5 Å². The van der Waals surface area contributed by atoms with Gasteiger partial charge in [0, 0.05) is 17.7 Å². The van der Waals surface area contributed by atoms with Gasteiger partial charge in [-0.2, -0.15) is 0 Å². The van der Waals surface area contributed by atoms with E-state index in [9.17, 15) is 19.1 Å². The van der Waals surface area contributed by atoms with Crippen molar-refractivity contribution in [3.63, 3.8) is 0 Å². The van der Waals surface area contributed by atoms with Gasteiger partial charge in [0.1, 0.15) is 17.3 Å². The molecule has 0 radical (unpaired) electrons. The summed E-state index contributed by atoms with van der Waals surface area (Å²) in [5.74, 6) is -1.76. The highest BCUT2D eigenvalue weighted by atomic mass is 19.1. The predicted octanol–water partition coefficient (Wildman–Crippen LogP) is 4.00. The molecule has 6 nitrogen and oxygen atoms in total. The van der Waals surface area contributed by atoms with Gasteiger partial charge in [-0.15, -0.1) is 0 Å². The number of likely N-dealkylation sites (tertiary alicyclic amines) is 1. The average molecular weight is 439 g/mol. The molecule has 1 amide bonds. The number of aryl methyl sites for hydroxylation is 1. The lowest BCUT2D eigenvalue weighted by Gasteiger charge is -2.26. The summed E-state index contributed by atoms with van der Waals surface area (Å²) in [7, 11) is 0. The minimum absolute atomic E-state index is 0.0588. The van der Waals surface area contributed by atoms with Gasteiger partial charge >= 0.3 is 0 Å². The largest absolute Gasteiger partial charge is 0.507 e. The molecule has 1 saturated heterocycles. The molecule has 1 fully saturated rings. The number of amides is 1. The first-order chi connectivity index (χ1) is 15.4. The van der Waals surface area contributed by atoms with E-state index in [0.717, 1.165) is 24.2 Å². The molecule has 7 heteroatoms. The van der Waals surface area contributed by atoms with Crippen molar-refractivity contribution >= 4 is 17.4 Å². The number of aliphatic hydroxyl groups excluding tert-OH is 1. The molecule has 1 atom stereocenters. The minimum atomic E-state index is -1.04. The first-order valence-electron chi connectivity index (χ1n) is 10.8. The Morgan fingerprint density at radius 1 is 1.25 bits per heavy atom. The van der Waals surface area contributed by atoms with Crippen molar-refractivity contribution in [1.82, 2.24) is 4.90 Å². The molecule has 0 aromatic heterocycles. The van der Waals surface area contributed by atoms with Gasteiger partial charge in [-0.05, 0) is 56.5 Å². The van der Waals surface area contributed by atoms with E-state index in [1.807, 2.05) is 13.8 Å². The van der Waals surface area contributed by atoms with Gasteiger partial charge in [0.2, 0.25) is 0 Å². The van der Waals surface area contributed by atoms with Crippen LogP contribution in [0.15, 0.2) is 48.0 Å². The monoisotopic (exact) mass is 439 g/mol. The van der Waals surface area contributed by atoms with Crippen LogP contribution in [0.1, 0.15) is 43.0 Å². The summed E-state index contributed by atoms with van der Waals surface area (Å²) in [5, 5.41) is 11.1. The fourth-order valence-corrected chi connectivity index (χ4v) is 4.18. The second kappa shape index (κ2) is 9.12. The Morgan fingerprint density at radius 2 is 2.03 bits per heavy atom. The first-order valence-corrected chi connectivity index (χ1v) is 10.8. The molecule has 0 aliphatic carbocycles. The zero-order valence-electron chi connectivity index (χ0n) is 18.1. The summed E-state index contributed by atoms with van der Waals surface area (Å²) in [6.45, 7) is 4.64. The number of fused-ring (bicyclic) bond motifs is 1. The van der Waals surface area contributed by atoms with E-state index in [0.29, 0.717) is 12.2 Å². The smallest absolute Gasteiger partial charge is 0.295 e. The number of carbonyl (C=O) groups is 2. The number of nitrogens with zero attached hydrogens (tertiary/aromatic N) is 1. The number of benzene rings is 2. The number of Topliss-reactive ketones (excluding diaryl/α,β-unsaturated/α-hetero) is 1. The molecule has 2 aromatic carbocycles. The Kier molecular flexibility index (Phi) is 6.28. The van der Waals surface area contributed by atoms with Crippen molar-refractivity contribution in [2.45, 2.75) is 38.8 Å². The molecule has 2 aliphatic heterocycles. The van der Waals surface area contributed by atoms with Crippen LogP contribution in [0.5, 0.6) is 5.75 Å². The number of aliphatic hydroxyl groups is 1. The zero-order chi connectivity index (χ0) is 22.8. The molecular weight excluding hydrogens is 413 g/mol. The standard InChI is InChI=1S/C25H26FNO5/c1-15(2)31-13-11-27-22(18-7-3-4-8-19(18)26)21(24(29)25(27)30)23(28)17-9-10-20-16(14-17)6-5-12-32-20/h3-4,7-10,14-15,22,28H,5-6,11-13H2,1-2H3/b23-21+. The van der Waals surface area contributed by atoms with Crippen LogP contribution >= 0.6 is 0 Å². The quantitative estimate of drug-likeness (QED) is 0.418. The van der Waals surface area contributed by atoms with Gasteiger partial charge in [0.05, 0.1) is 30.9 Å². The second-order valence-electron chi connectivity index (χ2n) is 8.21. The molecule has 0 saturated carbocycles. The summed E-state index contributed by atoms with van der Waals surface area (Å²) in [6.07, 6.45) is 1.58. The van der Waals surface area contributed by atoms with Gasteiger partial charge < -0.3 is 19.5 Å². The van der Waals surface area contributed by atoms with Crippen LogP contribution in [0, 0.1) is 5.82 Å². The molecule has 1 N–H and O–H groups in total. The van der Waals surface area contributed by atoms with Crippen LogP contribution in [-0.2, 0) is 20.7 Å². The summed E-state index contributed by atoms with van der Waals surface area (Å²) >= 11 is 0. The molecule has 0 spiro atoms. The summed E-state index contributed by atoms with van der Waals surface area (Å²) in [5.41, 5.74) is 1.34.